The van der Waals surface area contributed by atoms with Gasteiger partial charge in [-0.15, -0.1) is 0 Å². The van der Waals surface area contributed by atoms with Crippen LogP contribution in [0.25, 0.3) is 0 Å². The highest BCUT2D eigenvalue weighted by molar-refractivity contribution is 5.98. The highest BCUT2D eigenvalue weighted by Crippen LogP contribution is 2.08. The van der Waals surface area contributed by atoms with Crippen LogP contribution in [0.5, 0.6) is 0 Å². The van der Waals surface area contributed by atoms with Crippen LogP contribution in [0.4, 0.5) is 4.39 Å². The number of nitrogens with zero attached hydrogens (tertiary/aromatic N) is 1. The molecule has 1 heterocycles. The zero-order chi connectivity index (χ0) is 20.6. The second-order valence-corrected chi connectivity index (χ2v) is 6.67. The molecule has 0 atom stereocenters. The predicted octanol–water partition coefficient (Wildman–Crippen LogP) is 3.43. The molecule has 2 aromatic carbocycles. The van der Waals surface area contributed by atoms with Crippen LogP contribution in [0.15, 0.2) is 66.9 Å². The molecule has 3 rings (SSSR count). The van der Waals surface area contributed by atoms with E-state index in [2.05, 4.69) is 15.6 Å². The van der Waals surface area contributed by atoms with Crippen molar-refractivity contribution in [3.8, 4) is 0 Å². The molecule has 0 aliphatic carbocycles. The van der Waals surface area contributed by atoms with Crippen LogP contribution in [0, 0.1) is 12.7 Å². The van der Waals surface area contributed by atoms with Crippen molar-refractivity contribution in [2.45, 2.75) is 19.9 Å². The van der Waals surface area contributed by atoms with Crippen LogP contribution >= 0.6 is 0 Å². The molecule has 0 spiro atoms. The van der Waals surface area contributed by atoms with Crippen molar-refractivity contribution in [1.29, 1.82) is 0 Å². The molecule has 2 N–H and O–H groups in total. The smallest absolute Gasteiger partial charge is 0.270 e. The van der Waals surface area contributed by atoms with Gasteiger partial charge in [-0.25, -0.2) is 4.39 Å². The molecule has 0 fully saturated rings. The third kappa shape index (κ3) is 5.72. The SMILES string of the molecule is Cc1ccccc1CNC(=O)c1cc(C(=O)NCCc2ccc(F)cc2)ccn1. The molecule has 0 saturated carbocycles. The van der Waals surface area contributed by atoms with Crippen LogP contribution in [0.1, 0.15) is 37.5 Å². The minimum atomic E-state index is -0.339. The third-order valence-corrected chi connectivity index (χ3v) is 4.57. The number of pyridine rings is 1. The molecule has 0 unspecified atom stereocenters. The first-order valence-electron chi connectivity index (χ1n) is 9.34. The topological polar surface area (TPSA) is 71.1 Å². The Kier molecular flexibility index (Phi) is 6.68. The summed E-state index contributed by atoms with van der Waals surface area (Å²) in [4.78, 5) is 28.8. The zero-order valence-corrected chi connectivity index (χ0v) is 16.1. The summed E-state index contributed by atoms with van der Waals surface area (Å²) in [6.07, 6.45) is 2.03. The van der Waals surface area contributed by atoms with Gasteiger partial charge < -0.3 is 10.6 Å². The van der Waals surface area contributed by atoms with Crippen molar-refractivity contribution in [1.82, 2.24) is 15.6 Å². The van der Waals surface area contributed by atoms with Gasteiger partial charge in [-0.1, -0.05) is 36.4 Å². The normalized spacial score (nSPS) is 10.4. The Morgan fingerprint density at radius 1 is 0.966 bits per heavy atom. The van der Waals surface area contributed by atoms with Gasteiger partial charge in [0.1, 0.15) is 11.5 Å². The number of hydrogen-bond acceptors (Lipinski definition) is 3. The minimum Gasteiger partial charge on any atom is -0.352 e. The Balaban J connectivity index is 1.55. The van der Waals surface area contributed by atoms with Gasteiger partial charge >= 0.3 is 0 Å². The van der Waals surface area contributed by atoms with E-state index in [9.17, 15) is 14.0 Å². The summed E-state index contributed by atoms with van der Waals surface area (Å²) in [5.41, 5.74) is 3.59. The average Bonchev–Trinajstić information content (AvgIpc) is 2.74. The number of carbonyl (C=O) groups excluding carboxylic acids is 2. The van der Waals surface area contributed by atoms with Gasteiger partial charge in [0.25, 0.3) is 11.8 Å². The van der Waals surface area contributed by atoms with Crippen LogP contribution < -0.4 is 10.6 Å². The molecule has 6 heteroatoms. The highest BCUT2D eigenvalue weighted by Gasteiger charge is 2.12. The van der Waals surface area contributed by atoms with E-state index in [1.54, 1.807) is 18.2 Å². The minimum absolute atomic E-state index is 0.185. The van der Waals surface area contributed by atoms with Crippen molar-refractivity contribution in [2.24, 2.45) is 0 Å². The molecule has 0 aliphatic rings. The van der Waals surface area contributed by atoms with Gasteiger partial charge in [-0.3, -0.25) is 14.6 Å². The van der Waals surface area contributed by atoms with E-state index in [1.165, 1.54) is 24.4 Å². The lowest BCUT2D eigenvalue weighted by atomic mass is 10.1. The van der Waals surface area contributed by atoms with Crippen LogP contribution in [0.3, 0.4) is 0 Å². The molecule has 2 amide bonds. The molecule has 148 valence electrons. The summed E-state index contributed by atoms with van der Waals surface area (Å²) in [6.45, 7) is 2.78. The van der Waals surface area contributed by atoms with E-state index < -0.39 is 0 Å². The second-order valence-electron chi connectivity index (χ2n) is 6.67. The molecular formula is C23H22FN3O2. The highest BCUT2D eigenvalue weighted by atomic mass is 19.1. The number of amides is 2. The second kappa shape index (κ2) is 9.59. The summed E-state index contributed by atoms with van der Waals surface area (Å²) < 4.78 is 12.9. The van der Waals surface area contributed by atoms with Crippen LogP contribution in [0.2, 0.25) is 0 Å². The summed E-state index contributed by atoms with van der Waals surface area (Å²) in [7, 11) is 0. The van der Waals surface area contributed by atoms with Crippen molar-refractivity contribution < 1.29 is 14.0 Å². The number of aryl methyl sites for hydroxylation is 1. The van der Waals surface area contributed by atoms with Gasteiger partial charge in [-0.05, 0) is 54.3 Å². The fraction of sp³-hybridized carbons (Fsp3) is 0.174. The maximum Gasteiger partial charge on any atom is 0.270 e. The maximum atomic E-state index is 12.9. The Labute approximate surface area is 169 Å². The number of rotatable bonds is 7. The molecule has 0 bridgehead atoms. The van der Waals surface area contributed by atoms with Gasteiger partial charge in [0, 0.05) is 24.8 Å². The molecule has 5 nitrogen and oxygen atoms in total. The van der Waals surface area contributed by atoms with E-state index in [4.69, 9.17) is 0 Å². The predicted molar refractivity (Wildman–Crippen MR) is 109 cm³/mol. The number of aromatic nitrogens is 1. The fourth-order valence-corrected chi connectivity index (χ4v) is 2.84. The summed E-state index contributed by atoms with van der Waals surface area (Å²) in [5.74, 6) is -0.917. The lowest BCUT2D eigenvalue weighted by molar-refractivity contribution is 0.0946. The Bertz CT molecular complexity index is 1000. The molecule has 0 saturated heterocycles. The van der Waals surface area contributed by atoms with Gasteiger partial charge in [0.05, 0.1) is 0 Å². The Hall–Kier alpha value is -3.54. The lowest BCUT2D eigenvalue weighted by Gasteiger charge is -2.09. The zero-order valence-electron chi connectivity index (χ0n) is 16.1. The number of benzene rings is 2. The first-order chi connectivity index (χ1) is 14.0. The number of nitrogens with one attached hydrogen (secondary N) is 2. The molecule has 0 radical (unpaired) electrons. The van der Waals surface area contributed by atoms with E-state index in [0.29, 0.717) is 25.1 Å². The quantitative estimate of drug-likeness (QED) is 0.648. The van der Waals surface area contributed by atoms with E-state index in [0.717, 1.165) is 16.7 Å². The van der Waals surface area contributed by atoms with Crippen LogP contribution in [-0.4, -0.2) is 23.3 Å². The van der Waals surface area contributed by atoms with Crippen molar-refractivity contribution >= 4 is 11.8 Å². The first kappa shape index (κ1) is 20.2. The monoisotopic (exact) mass is 391 g/mol. The Morgan fingerprint density at radius 2 is 1.72 bits per heavy atom. The number of halogens is 1. The Morgan fingerprint density at radius 3 is 2.48 bits per heavy atom. The van der Waals surface area contributed by atoms with E-state index in [-0.39, 0.29) is 23.3 Å². The van der Waals surface area contributed by atoms with Crippen molar-refractivity contribution in [3.63, 3.8) is 0 Å². The average molecular weight is 391 g/mol. The molecule has 0 aliphatic heterocycles. The van der Waals surface area contributed by atoms with Crippen molar-refractivity contribution in [3.05, 3.63) is 101 Å². The molecule has 29 heavy (non-hydrogen) atoms. The standard InChI is InChI=1S/C23H22FN3O2/c1-16-4-2-3-5-19(16)15-27-23(29)21-14-18(11-13-25-21)22(28)26-12-10-17-6-8-20(24)9-7-17/h2-9,11,13-14H,10,12,15H2,1H3,(H,26,28)(H,27,29). The number of hydrogen-bond donors (Lipinski definition) is 2. The summed E-state index contributed by atoms with van der Waals surface area (Å²) in [5, 5.41) is 5.63. The van der Waals surface area contributed by atoms with Crippen LogP contribution in [-0.2, 0) is 13.0 Å². The van der Waals surface area contributed by atoms with E-state index in [1.807, 2.05) is 31.2 Å². The molecule has 1 aromatic heterocycles. The third-order valence-electron chi connectivity index (χ3n) is 4.57. The fourth-order valence-electron chi connectivity index (χ4n) is 2.84. The van der Waals surface area contributed by atoms with Gasteiger partial charge in [0.15, 0.2) is 0 Å². The maximum absolute atomic E-state index is 12.9. The first-order valence-corrected chi connectivity index (χ1v) is 9.34. The number of carbonyl (C=O) groups is 2. The molecular weight excluding hydrogens is 369 g/mol. The summed E-state index contributed by atoms with van der Waals surface area (Å²) in [6, 6.07) is 17.0. The summed E-state index contributed by atoms with van der Waals surface area (Å²) >= 11 is 0. The molecule has 3 aromatic rings. The van der Waals surface area contributed by atoms with Gasteiger partial charge in [-0.2, -0.15) is 0 Å². The van der Waals surface area contributed by atoms with Crippen molar-refractivity contribution in [2.75, 3.05) is 6.54 Å². The lowest BCUT2D eigenvalue weighted by Crippen LogP contribution is -2.27. The van der Waals surface area contributed by atoms with Gasteiger partial charge in [0.2, 0.25) is 0 Å². The van der Waals surface area contributed by atoms with E-state index >= 15 is 0 Å². The largest absolute Gasteiger partial charge is 0.352 e.